The summed E-state index contributed by atoms with van der Waals surface area (Å²) in [6.07, 6.45) is 2.18. The third kappa shape index (κ3) is 3.30. The molecule has 2 rings (SSSR count). The van der Waals surface area contributed by atoms with Crippen LogP contribution in [0.1, 0.15) is 18.4 Å². The first-order valence-corrected chi connectivity index (χ1v) is 6.65. The van der Waals surface area contributed by atoms with Crippen molar-refractivity contribution in [3.63, 3.8) is 0 Å². The number of aliphatic hydroxyl groups excluding tert-OH is 1. The van der Waals surface area contributed by atoms with Crippen molar-refractivity contribution in [2.24, 2.45) is 5.92 Å². The molecule has 1 aromatic carbocycles. The minimum Gasteiger partial charge on any atom is -0.396 e. The monoisotopic (exact) mass is 283 g/mol. The van der Waals surface area contributed by atoms with E-state index in [9.17, 15) is 0 Å². The topological polar surface area (TPSA) is 23.5 Å². The van der Waals surface area contributed by atoms with Gasteiger partial charge in [0.15, 0.2) is 0 Å². The smallest absolute Gasteiger partial charge is 0.0434 e. The van der Waals surface area contributed by atoms with E-state index in [-0.39, 0.29) is 0 Å². The van der Waals surface area contributed by atoms with Crippen LogP contribution in [0.5, 0.6) is 0 Å². The van der Waals surface area contributed by atoms with Gasteiger partial charge >= 0.3 is 0 Å². The van der Waals surface area contributed by atoms with Crippen LogP contribution in [-0.4, -0.2) is 29.7 Å². The molecule has 1 fully saturated rings. The number of aliphatic hydroxyl groups is 1. The van der Waals surface area contributed by atoms with Crippen LogP contribution in [0.25, 0.3) is 0 Å². The van der Waals surface area contributed by atoms with E-state index in [0.29, 0.717) is 12.5 Å². The second kappa shape index (κ2) is 5.80. The molecular weight excluding hydrogens is 266 g/mol. The summed E-state index contributed by atoms with van der Waals surface area (Å²) in [7, 11) is 0. The molecule has 0 aliphatic carbocycles. The third-order valence-corrected chi connectivity index (χ3v) is 3.70. The molecular formula is C13H18BrNO. The van der Waals surface area contributed by atoms with E-state index in [1.54, 1.807) is 0 Å². The molecule has 0 bridgehead atoms. The normalized spacial score (nSPS) is 21.5. The van der Waals surface area contributed by atoms with Gasteiger partial charge in [-0.05, 0) is 43.0 Å². The lowest BCUT2D eigenvalue weighted by Crippen LogP contribution is -2.20. The number of hydrogen-bond acceptors (Lipinski definition) is 2. The fourth-order valence-electron chi connectivity index (χ4n) is 2.37. The van der Waals surface area contributed by atoms with Gasteiger partial charge in [0, 0.05) is 24.2 Å². The summed E-state index contributed by atoms with van der Waals surface area (Å²) in [5.74, 6) is 0.692. The number of likely N-dealkylation sites (tertiary alicyclic amines) is 1. The van der Waals surface area contributed by atoms with Crippen LogP contribution in [-0.2, 0) is 6.54 Å². The number of benzene rings is 1. The molecule has 3 heteroatoms. The van der Waals surface area contributed by atoms with Gasteiger partial charge in [-0.3, -0.25) is 4.90 Å². The Morgan fingerprint density at radius 2 is 2.31 bits per heavy atom. The van der Waals surface area contributed by atoms with Crippen LogP contribution >= 0.6 is 15.9 Å². The van der Waals surface area contributed by atoms with Gasteiger partial charge in [-0.2, -0.15) is 0 Å². The summed E-state index contributed by atoms with van der Waals surface area (Å²) in [5, 5.41) is 8.91. The van der Waals surface area contributed by atoms with Crippen molar-refractivity contribution in [3.05, 3.63) is 34.3 Å². The Balaban J connectivity index is 1.87. The first kappa shape index (κ1) is 12.1. The largest absolute Gasteiger partial charge is 0.396 e. The Labute approximate surface area is 105 Å². The predicted molar refractivity (Wildman–Crippen MR) is 69.2 cm³/mol. The lowest BCUT2D eigenvalue weighted by Gasteiger charge is -2.16. The lowest BCUT2D eigenvalue weighted by molar-refractivity contribution is 0.249. The Morgan fingerprint density at radius 1 is 1.44 bits per heavy atom. The Hall–Kier alpha value is -0.380. The summed E-state index contributed by atoms with van der Waals surface area (Å²) in [5.41, 5.74) is 1.36. The molecule has 88 valence electrons. The van der Waals surface area contributed by atoms with E-state index < -0.39 is 0 Å². The molecule has 16 heavy (non-hydrogen) atoms. The number of nitrogens with zero attached hydrogens (tertiary/aromatic N) is 1. The van der Waals surface area contributed by atoms with Crippen molar-refractivity contribution < 1.29 is 5.11 Å². The van der Waals surface area contributed by atoms with E-state index in [1.807, 2.05) is 0 Å². The van der Waals surface area contributed by atoms with Crippen LogP contribution in [0.15, 0.2) is 28.7 Å². The second-order valence-electron chi connectivity index (χ2n) is 4.53. The van der Waals surface area contributed by atoms with E-state index in [0.717, 1.165) is 30.5 Å². The maximum Gasteiger partial charge on any atom is 0.0434 e. The van der Waals surface area contributed by atoms with Crippen LogP contribution in [0.3, 0.4) is 0 Å². The minimum atomic E-state index is 0.329. The molecule has 0 radical (unpaired) electrons. The van der Waals surface area contributed by atoms with Crippen LogP contribution in [0.4, 0.5) is 0 Å². The SMILES string of the molecule is OCCC1CCN(Cc2cccc(Br)c2)C1. The van der Waals surface area contributed by atoms with Crippen molar-refractivity contribution in [2.45, 2.75) is 19.4 Å². The zero-order chi connectivity index (χ0) is 11.4. The summed E-state index contributed by atoms with van der Waals surface area (Å²) in [4.78, 5) is 2.47. The van der Waals surface area contributed by atoms with Gasteiger partial charge in [-0.1, -0.05) is 28.1 Å². The Bertz CT molecular complexity index is 342. The van der Waals surface area contributed by atoms with Crippen LogP contribution in [0.2, 0.25) is 0 Å². The zero-order valence-electron chi connectivity index (χ0n) is 9.40. The molecule has 1 aromatic rings. The van der Waals surface area contributed by atoms with Gasteiger partial charge in [-0.15, -0.1) is 0 Å². The van der Waals surface area contributed by atoms with Gasteiger partial charge in [0.25, 0.3) is 0 Å². The molecule has 1 N–H and O–H groups in total. The molecule has 1 aliphatic heterocycles. The summed E-state index contributed by atoms with van der Waals surface area (Å²) in [6, 6.07) is 8.49. The highest BCUT2D eigenvalue weighted by Crippen LogP contribution is 2.22. The zero-order valence-corrected chi connectivity index (χ0v) is 11.0. The number of rotatable bonds is 4. The fourth-order valence-corrected chi connectivity index (χ4v) is 2.81. The first-order valence-electron chi connectivity index (χ1n) is 5.85. The highest BCUT2D eigenvalue weighted by Gasteiger charge is 2.21. The van der Waals surface area contributed by atoms with E-state index >= 15 is 0 Å². The predicted octanol–water partition coefficient (Wildman–Crippen LogP) is 2.65. The Kier molecular flexibility index (Phi) is 4.38. The van der Waals surface area contributed by atoms with Gasteiger partial charge in [-0.25, -0.2) is 0 Å². The van der Waals surface area contributed by atoms with Crippen LogP contribution < -0.4 is 0 Å². The standard InChI is InChI=1S/C13H18BrNO/c14-13-3-1-2-12(8-13)10-15-6-4-11(9-15)5-7-16/h1-3,8,11,16H,4-7,9-10H2. The summed E-state index contributed by atoms with van der Waals surface area (Å²) >= 11 is 3.50. The molecule has 2 nitrogen and oxygen atoms in total. The summed E-state index contributed by atoms with van der Waals surface area (Å²) < 4.78 is 1.15. The molecule has 0 spiro atoms. The van der Waals surface area contributed by atoms with E-state index in [1.165, 1.54) is 12.0 Å². The number of halogens is 1. The average Bonchev–Trinajstić information content (AvgIpc) is 2.66. The highest BCUT2D eigenvalue weighted by atomic mass is 79.9. The molecule has 1 heterocycles. The van der Waals surface area contributed by atoms with Crippen molar-refractivity contribution in [2.75, 3.05) is 19.7 Å². The maximum atomic E-state index is 8.91. The van der Waals surface area contributed by atoms with Gasteiger partial charge < -0.3 is 5.11 Å². The molecule has 1 unspecified atom stereocenters. The van der Waals surface area contributed by atoms with Crippen molar-refractivity contribution >= 4 is 15.9 Å². The van der Waals surface area contributed by atoms with E-state index in [2.05, 4.69) is 45.1 Å². The average molecular weight is 284 g/mol. The van der Waals surface area contributed by atoms with Crippen molar-refractivity contribution in [1.82, 2.24) is 4.90 Å². The van der Waals surface area contributed by atoms with Gasteiger partial charge in [0.05, 0.1) is 0 Å². The van der Waals surface area contributed by atoms with Crippen molar-refractivity contribution in [1.29, 1.82) is 0 Å². The Morgan fingerprint density at radius 3 is 3.06 bits per heavy atom. The molecule has 1 saturated heterocycles. The van der Waals surface area contributed by atoms with Crippen LogP contribution in [0, 0.1) is 5.92 Å². The van der Waals surface area contributed by atoms with Gasteiger partial charge in [0.1, 0.15) is 0 Å². The molecule has 1 atom stereocenters. The number of hydrogen-bond donors (Lipinski definition) is 1. The quantitative estimate of drug-likeness (QED) is 0.919. The molecule has 0 saturated carbocycles. The van der Waals surface area contributed by atoms with E-state index in [4.69, 9.17) is 5.11 Å². The molecule has 0 aromatic heterocycles. The third-order valence-electron chi connectivity index (χ3n) is 3.20. The van der Waals surface area contributed by atoms with Crippen molar-refractivity contribution in [3.8, 4) is 0 Å². The maximum absolute atomic E-state index is 8.91. The summed E-state index contributed by atoms with van der Waals surface area (Å²) in [6.45, 7) is 3.65. The minimum absolute atomic E-state index is 0.329. The fraction of sp³-hybridized carbons (Fsp3) is 0.538. The highest BCUT2D eigenvalue weighted by molar-refractivity contribution is 9.10. The second-order valence-corrected chi connectivity index (χ2v) is 5.45. The van der Waals surface area contributed by atoms with Gasteiger partial charge in [0.2, 0.25) is 0 Å². The lowest BCUT2D eigenvalue weighted by atomic mass is 10.1. The first-order chi connectivity index (χ1) is 7.78. The molecule has 0 amide bonds. The molecule has 1 aliphatic rings.